The second kappa shape index (κ2) is 5.77. The molecule has 0 amide bonds. The van der Waals surface area contributed by atoms with Crippen LogP contribution in [-0.2, 0) is 14.3 Å². The molecular formula is C20H26O3. The summed E-state index contributed by atoms with van der Waals surface area (Å²) in [5.41, 5.74) is 0.123. The Bertz CT molecular complexity index is 591. The maximum Gasteiger partial charge on any atom is 0.318 e. The minimum absolute atomic E-state index is 0.00625. The molecule has 0 radical (unpaired) electrons. The number of benzene rings is 1. The third kappa shape index (κ3) is 2.50. The Kier molecular flexibility index (Phi) is 4.07. The number of carbonyl (C=O) groups excluding carboxylic acids is 2. The zero-order chi connectivity index (χ0) is 16.8. The van der Waals surface area contributed by atoms with Crippen LogP contribution in [0.5, 0.6) is 0 Å². The molecule has 0 spiro atoms. The van der Waals surface area contributed by atoms with Crippen LogP contribution < -0.4 is 0 Å². The van der Waals surface area contributed by atoms with E-state index in [1.807, 2.05) is 58.0 Å². The minimum atomic E-state index is -0.969. The Hall–Kier alpha value is -1.64. The van der Waals surface area contributed by atoms with E-state index in [1.54, 1.807) is 0 Å². The predicted molar refractivity (Wildman–Crippen MR) is 88.9 cm³/mol. The van der Waals surface area contributed by atoms with Gasteiger partial charge in [0.2, 0.25) is 0 Å². The van der Waals surface area contributed by atoms with Crippen molar-refractivity contribution in [2.24, 2.45) is 23.7 Å². The van der Waals surface area contributed by atoms with Gasteiger partial charge in [-0.3, -0.25) is 9.59 Å². The third-order valence-electron chi connectivity index (χ3n) is 5.58. The van der Waals surface area contributed by atoms with Gasteiger partial charge in [-0.15, -0.1) is 0 Å². The SMILES string of the molecule is CC(C)C1(C(C)C)OC(=O)C(C(c2ccccc2)C2CC2)C1=O. The Morgan fingerprint density at radius 1 is 1.00 bits per heavy atom. The molecule has 23 heavy (non-hydrogen) atoms. The molecule has 1 aromatic carbocycles. The molecule has 2 unspecified atom stereocenters. The van der Waals surface area contributed by atoms with Gasteiger partial charge in [-0.1, -0.05) is 58.0 Å². The molecule has 0 N–H and O–H groups in total. The summed E-state index contributed by atoms with van der Waals surface area (Å²) >= 11 is 0. The highest BCUT2D eigenvalue weighted by atomic mass is 16.6. The number of carbonyl (C=O) groups is 2. The second-order valence-corrected chi connectivity index (χ2v) is 7.64. The molecule has 2 fully saturated rings. The van der Waals surface area contributed by atoms with Gasteiger partial charge in [0, 0.05) is 17.8 Å². The topological polar surface area (TPSA) is 43.4 Å². The fourth-order valence-corrected chi connectivity index (χ4v) is 4.28. The Morgan fingerprint density at radius 2 is 1.57 bits per heavy atom. The molecule has 1 saturated heterocycles. The average molecular weight is 314 g/mol. The van der Waals surface area contributed by atoms with Crippen molar-refractivity contribution in [2.45, 2.75) is 52.1 Å². The molecule has 3 nitrogen and oxygen atoms in total. The molecule has 1 heterocycles. The van der Waals surface area contributed by atoms with Gasteiger partial charge in [0.15, 0.2) is 11.4 Å². The number of hydrogen-bond acceptors (Lipinski definition) is 3. The quantitative estimate of drug-likeness (QED) is 0.610. The summed E-state index contributed by atoms with van der Waals surface area (Å²) in [5, 5.41) is 0. The van der Waals surface area contributed by atoms with Crippen LogP contribution in [0.4, 0.5) is 0 Å². The van der Waals surface area contributed by atoms with Crippen LogP contribution in [0.25, 0.3) is 0 Å². The zero-order valence-corrected chi connectivity index (χ0v) is 14.4. The molecule has 0 aromatic heterocycles. The van der Waals surface area contributed by atoms with E-state index in [0.29, 0.717) is 5.92 Å². The number of Topliss-reactive ketones (excluding diaryl/α,β-unsaturated/α-hetero) is 1. The summed E-state index contributed by atoms with van der Waals surface area (Å²) in [7, 11) is 0. The van der Waals surface area contributed by atoms with Crippen LogP contribution in [0, 0.1) is 23.7 Å². The first-order chi connectivity index (χ1) is 10.9. The highest BCUT2D eigenvalue weighted by Gasteiger charge is 2.62. The zero-order valence-electron chi connectivity index (χ0n) is 14.4. The lowest BCUT2D eigenvalue weighted by Gasteiger charge is -2.34. The van der Waals surface area contributed by atoms with Gasteiger partial charge in [0.1, 0.15) is 5.92 Å². The van der Waals surface area contributed by atoms with Crippen LogP contribution >= 0.6 is 0 Å². The summed E-state index contributed by atoms with van der Waals surface area (Å²) in [4.78, 5) is 26.0. The molecule has 124 valence electrons. The highest BCUT2D eigenvalue weighted by Crippen LogP contribution is 2.52. The Balaban J connectivity index is 2.01. The smallest absolute Gasteiger partial charge is 0.318 e. The maximum absolute atomic E-state index is 13.3. The third-order valence-corrected chi connectivity index (χ3v) is 5.58. The molecule has 1 aliphatic heterocycles. The summed E-state index contributed by atoms with van der Waals surface area (Å²) in [6.07, 6.45) is 2.18. The Labute approximate surface area is 138 Å². The fourth-order valence-electron chi connectivity index (χ4n) is 4.28. The van der Waals surface area contributed by atoms with Crippen molar-refractivity contribution in [3.8, 4) is 0 Å². The van der Waals surface area contributed by atoms with Crippen molar-refractivity contribution in [1.29, 1.82) is 0 Å². The van der Waals surface area contributed by atoms with Crippen molar-refractivity contribution < 1.29 is 14.3 Å². The molecule has 3 rings (SSSR count). The van der Waals surface area contributed by atoms with Crippen molar-refractivity contribution in [2.75, 3.05) is 0 Å². The van der Waals surface area contributed by atoms with E-state index in [-0.39, 0.29) is 29.5 Å². The highest BCUT2D eigenvalue weighted by molar-refractivity contribution is 6.10. The molecule has 0 bridgehead atoms. The molecule has 2 aliphatic rings. The van der Waals surface area contributed by atoms with E-state index >= 15 is 0 Å². The maximum atomic E-state index is 13.3. The lowest BCUT2D eigenvalue weighted by atomic mass is 9.71. The van der Waals surface area contributed by atoms with Crippen molar-refractivity contribution >= 4 is 11.8 Å². The first-order valence-electron chi connectivity index (χ1n) is 8.71. The lowest BCUT2D eigenvalue weighted by Crippen LogP contribution is -2.48. The predicted octanol–water partition coefficient (Wildman–Crippen LogP) is 3.97. The molecule has 1 saturated carbocycles. The molecule has 1 aliphatic carbocycles. The molecular weight excluding hydrogens is 288 g/mol. The van der Waals surface area contributed by atoms with E-state index in [0.717, 1.165) is 18.4 Å². The normalized spacial score (nSPS) is 25.0. The van der Waals surface area contributed by atoms with Gasteiger partial charge in [-0.05, 0) is 24.3 Å². The van der Waals surface area contributed by atoms with Crippen molar-refractivity contribution in [3.63, 3.8) is 0 Å². The van der Waals surface area contributed by atoms with E-state index in [2.05, 4.69) is 0 Å². The van der Waals surface area contributed by atoms with E-state index < -0.39 is 11.5 Å². The van der Waals surface area contributed by atoms with Gasteiger partial charge in [0.25, 0.3) is 0 Å². The summed E-state index contributed by atoms with van der Waals surface area (Å²) in [6.45, 7) is 7.90. The lowest BCUT2D eigenvalue weighted by molar-refractivity contribution is -0.162. The van der Waals surface area contributed by atoms with Crippen LogP contribution in [0.3, 0.4) is 0 Å². The first-order valence-corrected chi connectivity index (χ1v) is 8.71. The molecule has 2 atom stereocenters. The van der Waals surface area contributed by atoms with Crippen LogP contribution in [0.1, 0.15) is 52.0 Å². The summed E-state index contributed by atoms with van der Waals surface area (Å²) in [5.74, 6) is -0.607. The first kappa shape index (κ1) is 16.2. The minimum Gasteiger partial charge on any atom is -0.450 e. The van der Waals surface area contributed by atoms with Crippen molar-refractivity contribution in [1.82, 2.24) is 0 Å². The van der Waals surface area contributed by atoms with E-state index in [4.69, 9.17) is 4.74 Å². The number of hydrogen-bond donors (Lipinski definition) is 0. The number of ketones is 1. The van der Waals surface area contributed by atoms with Crippen molar-refractivity contribution in [3.05, 3.63) is 35.9 Å². The number of rotatable bonds is 5. The largest absolute Gasteiger partial charge is 0.450 e. The number of ether oxygens (including phenoxy) is 1. The van der Waals surface area contributed by atoms with Gasteiger partial charge < -0.3 is 4.74 Å². The summed E-state index contributed by atoms with van der Waals surface area (Å²) < 4.78 is 5.79. The summed E-state index contributed by atoms with van der Waals surface area (Å²) in [6, 6.07) is 10.00. The monoisotopic (exact) mass is 314 g/mol. The van der Waals surface area contributed by atoms with Crippen LogP contribution in [0.15, 0.2) is 30.3 Å². The van der Waals surface area contributed by atoms with E-state index in [9.17, 15) is 9.59 Å². The van der Waals surface area contributed by atoms with Crippen LogP contribution in [-0.4, -0.2) is 17.4 Å². The number of esters is 1. The van der Waals surface area contributed by atoms with Gasteiger partial charge in [-0.25, -0.2) is 0 Å². The second-order valence-electron chi connectivity index (χ2n) is 7.64. The van der Waals surface area contributed by atoms with Gasteiger partial charge in [0.05, 0.1) is 0 Å². The average Bonchev–Trinajstić information content (AvgIpc) is 3.29. The standard InChI is InChI=1S/C20H26O3/c1-12(2)20(13(3)4)18(21)17(19(22)23-20)16(15-10-11-15)14-8-6-5-7-9-14/h5-9,12-13,15-17H,10-11H2,1-4H3. The number of cyclic esters (lactones) is 1. The van der Waals surface area contributed by atoms with Gasteiger partial charge >= 0.3 is 5.97 Å². The van der Waals surface area contributed by atoms with Gasteiger partial charge in [-0.2, -0.15) is 0 Å². The molecule has 1 aromatic rings. The molecule has 3 heteroatoms. The van der Waals surface area contributed by atoms with Crippen LogP contribution in [0.2, 0.25) is 0 Å². The van der Waals surface area contributed by atoms with E-state index in [1.165, 1.54) is 0 Å². The Morgan fingerprint density at radius 3 is 2.00 bits per heavy atom. The fraction of sp³-hybridized carbons (Fsp3) is 0.600.